The van der Waals surface area contributed by atoms with Gasteiger partial charge in [-0.25, -0.2) is 0 Å². The fourth-order valence-corrected chi connectivity index (χ4v) is 2.75. The third-order valence-electron chi connectivity index (χ3n) is 4.03. The maximum absolute atomic E-state index is 12.7. The summed E-state index contributed by atoms with van der Waals surface area (Å²) in [6.45, 7) is 1.71. The Labute approximate surface area is 118 Å². The first kappa shape index (κ1) is 13.2. The molecule has 0 saturated heterocycles. The Hall–Kier alpha value is -1.75. The van der Waals surface area contributed by atoms with E-state index < -0.39 is 0 Å². The van der Waals surface area contributed by atoms with E-state index in [9.17, 15) is 9.90 Å². The van der Waals surface area contributed by atoms with Gasteiger partial charge in [-0.3, -0.25) is 4.79 Å². The summed E-state index contributed by atoms with van der Waals surface area (Å²) in [5.41, 5.74) is 1.47. The lowest BCUT2D eigenvalue weighted by Gasteiger charge is -2.37. The van der Waals surface area contributed by atoms with Crippen LogP contribution in [0, 0.1) is 0 Å². The molecular formula is C15H20N2O3. The first-order valence-electron chi connectivity index (χ1n) is 7.23. The highest BCUT2D eigenvalue weighted by Gasteiger charge is 2.31. The van der Waals surface area contributed by atoms with E-state index in [4.69, 9.17) is 4.74 Å². The van der Waals surface area contributed by atoms with E-state index in [0.29, 0.717) is 24.5 Å². The molecule has 0 atom stereocenters. The van der Waals surface area contributed by atoms with Crippen LogP contribution in [0.2, 0.25) is 0 Å². The quantitative estimate of drug-likeness (QED) is 0.874. The fraction of sp³-hybridized carbons (Fsp3) is 0.533. The molecule has 0 unspecified atom stereocenters. The molecule has 1 fully saturated rings. The van der Waals surface area contributed by atoms with Crippen molar-refractivity contribution in [2.24, 2.45) is 0 Å². The average Bonchev–Trinajstić information content (AvgIpc) is 2.43. The van der Waals surface area contributed by atoms with Crippen LogP contribution in [0.25, 0.3) is 0 Å². The zero-order chi connectivity index (χ0) is 13.9. The first-order chi connectivity index (χ1) is 9.81. The van der Waals surface area contributed by atoms with E-state index in [-0.39, 0.29) is 18.6 Å². The number of para-hydroxylation sites is 1. The molecule has 3 rings (SSSR count). The summed E-state index contributed by atoms with van der Waals surface area (Å²) in [4.78, 5) is 14.5. The number of anilines is 1. The van der Waals surface area contributed by atoms with E-state index in [0.717, 1.165) is 31.5 Å². The van der Waals surface area contributed by atoms with Crippen molar-refractivity contribution in [2.75, 3.05) is 31.6 Å². The number of aliphatic hydroxyl groups excluding tert-OH is 1. The lowest BCUT2D eigenvalue weighted by atomic mass is 9.91. The topological polar surface area (TPSA) is 61.8 Å². The van der Waals surface area contributed by atoms with E-state index in [1.54, 1.807) is 11.0 Å². The van der Waals surface area contributed by atoms with Crippen LogP contribution >= 0.6 is 0 Å². The molecule has 1 aliphatic carbocycles. The average molecular weight is 276 g/mol. The number of amides is 1. The molecular weight excluding hydrogens is 256 g/mol. The minimum Gasteiger partial charge on any atom is -0.489 e. The van der Waals surface area contributed by atoms with Gasteiger partial charge in [0.2, 0.25) is 0 Å². The number of ether oxygens (including phenoxy) is 1. The molecule has 0 spiro atoms. The van der Waals surface area contributed by atoms with E-state index >= 15 is 0 Å². The van der Waals surface area contributed by atoms with Crippen molar-refractivity contribution in [3.63, 3.8) is 0 Å². The summed E-state index contributed by atoms with van der Waals surface area (Å²) in [6.07, 6.45) is 3.21. The van der Waals surface area contributed by atoms with Gasteiger partial charge in [-0.05, 0) is 31.4 Å². The zero-order valence-corrected chi connectivity index (χ0v) is 11.5. The second kappa shape index (κ2) is 5.71. The molecule has 0 bridgehead atoms. The van der Waals surface area contributed by atoms with Crippen molar-refractivity contribution in [1.82, 2.24) is 4.90 Å². The van der Waals surface area contributed by atoms with Gasteiger partial charge in [0.1, 0.15) is 6.61 Å². The van der Waals surface area contributed by atoms with Crippen molar-refractivity contribution < 1.29 is 14.6 Å². The van der Waals surface area contributed by atoms with Gasteiger partial charge in [-0.15, -0.1) is 0 Å². The Morgan fingerprint density at radius 1 is 1.45 bits per heavy atom. The standard InChI is InChI=1S/C15H20N2O3/c18-9-8-17(11-3-1-4-11)15(19)12-5-2-6-13-14(12)20-10-7-16-13/h2,5-6,11,16,18H,1,3-4,7-10H2. The number of nitrogens with zero attached hydrogens (tertiary/aromatic N) is 1. The molecule has 1 saturated carbocycles. The van der Waals surface area contributed by atoms with Crippen LogP contribution in [0.3, 0.4) is 0 Å². The molecule has 20 heavy (non-hydrogen) atoms. The number of fused-ring (bicyclic) bond motifs is 1. The molecule has 108 valence electrons. The van der Waals surface area contributed by atoms with Gasteiger partial charge in [-0.1, -0.05) is 6.07 Å². The van der Waals surface area contributed by atoms with Gasteiger partial charge in [-0.2, -0.15) is 0 Å². The number of hydrogen-bond acceptors (Lipinski definition) is 4. The van der Waals surface area contributed by atoms with Crippen LogP contribution in [0.1, 0.15) is 29.6 Å². The largest absolute Gasteiger partial charge is 0.489 e. The predicted octanol–water partition coefficient (Wildman–Crippen LogP) is 1.48. The van der Waals surface area contributed by atoms with Crippen molar-refractivity contribution in [3.05, 3.63) is 23.8 Å². The Bertz CT molecular complexity index is 500. The molecule has 0 radical (unpaired) electrons. The molecule has 5 nitrogen and oxygen atoms in total. The molecule has 5 heteroatoms. The zero-order valence-electron chi connectivity index (χ0n) is 11.5. The fourth-order valence-electron chi connectivity index (χ4n) is 2.75. The third kappa shape index (κ3) is 2.33. The molecule has 1 amide bonds. The maximum Gasteiger partial charge on any atom is 0.258 e. The minimum absolute atomic E-state index is 0.00360. The highest BCUT2D eigenvalue weighted by molar-refractivity contribution is 5.99. The molecule has 2 N–H and O–H groups in total. The van der Waals surface area contributed by atoms with Gasteiger partial charge >= 0.3 is 0 Å². The Morgan fingerprint density at radius 2 is 2.30 bits per heavy atom. The molecule has 1 heterocycles. The third-order valence-corrected chi connectivity index (χ3v) is 4.03. The Kier molecular flexibility index (Phi) is 3.78. The lowest BCUT2D eigenvalue weighted by molar-refractivity contribution is 0.0521. The van der Waals surface area contributed by atoms with Crippen molar-refractivity contribution in [3.8, 4) is 5.75 Å². The lowest BCUT2D eigenvalue weighted by Crippen LogP contribution is -2.45. The summed E-state index contributed by atoms with van der Waals surface area (Å²) in [7, 11) is 0. The maximum atomic E-state index is 12.7. The van der Waals surface area contributed by atoms with Crippen LogP contribution in [0.15, 0.2) is 18.2 Å². The number of benzene rings is 1. The summed E-state index contributed by atoms with van der Waals surface area (Å²) in [5, 5.41) is 12.4. The Balaban J connectivity index is 1.88. The van der Waals surface area contributed by atoms with Crippen molar-refractivity contribution in [2.45, 2.75) is 25.3 Å². The van der Waals surface area contributed by atoms with Gasteiger partial charge in [0.05, 0.1) is 17.9 Å². The van der Waals surface area contributed by atoms with Crippen LogP contribution < -0.4 is 10.1 Å². The van der Waals surface area contributed by atoms with Crippen molar-refractivity contribution in [1.29, 1.82) is 0 Å². The highest BCUT2D eigenvalue weighted by atomic mass is 16.5. The molecule has 2 aliphatic rings. The molecule has 1 aliphatic heterocycles. The second-order valence-corrected chi connectivity index (χ2v) is 5.26. The van der Waals surface area contributed by atoms with E-state index in [1.807, 2.05) is 12.1 Å². The van der Waals surface area contributed by atoms with Crippen LogP contribution in [-0.2, 0) is 0 Å². The van der Waals surface area contributed by atoms with Crippen LogP contribution in [-0.4, -0.2) is 48.3 Å². The summed E-state index contributed by atoms with van der Waals surface area (Å²) < 4.78 is 5.66. The van der Waals surface area contributed by atoms with Gasteiger partial charge in [0, 0.05) is 19.1 Å². The minimum atomic E-state index is -0.0377. The second-order valence-electron chi connectivity index (χ2n) is 5.26. The number of carbonyl (C=O) groups excluding carboxylic acids is 1. The SMILES string of the molecule is O=C(c1cccc2c1OCCN2)N(CCO)C1CCC1. The number of nitrogens with one attached hydrogen (secondary N) is 1. The van der Waals surface area contributed by atoms with Gasteiger partial charge < -0.3 is 20.1 Å². The number of hydrogen-bond donors (Lipinski definition) is 2. The number of carbonyl (C=O) groups is 1. The molecule has 0 aromatic heterocycles. The molecule has 1 aromatic carbocycles. The molecule has 1 aromatic rings. The van der Waals surface area contributed by atoms with Gasteiger partial charge in [0.25, 0.3) is 5.91 Å². The normalized spacial score (nSPS) is 17.4. The number of rotatable bonds is 4. The highest BCUT2D eigenvalue weighted by Crippen LogP contribution is 2.34. The number of aliphatic hydroxyl groups is 1. The van der Waals surface area contributed by atoms with Crippen LogP contribution in [0.4, 0.5) is 5.69 Å². The summed E-state index contributed by atoms with van der Waals surface area (Å²) >= 11 is 0. The van der Waals surface area contributed by atoms with E-state index in [2.05, 4.69) is 5.32 Å². The smallest absolute Gasteiger partial charge is 0.258 e. The summed E-state index contributed by atoms with van der Waals surface area (Å²) in [6, 6.07) is 5.86. The van der Waals surface area contributed by atoms with Crippen molar-refractivity contribution >= 4 is 11.6 Å². The monoisotopic (exact) mass is 276 g/mol. The predicted molar refractivity (Wildman–Crippen MR) is 76.2 cm³/mol. The summed E-state index contributed by atoms with van der Waals surface area (Å²) in [5.74, 6) is 0.607. The first-order valence-corrected chi connectivity index (χ1v) is 7.23. The van der Waals surface area contributed by atoms with E-state index in [1.165, 1.54) is 0 Å². The van der Waals surface area contributed by atoms with Crippen LogP contribution in [0.5, 0.6) is 5.75 Å². The van der Waals surface area contributed by atoms with Gasteiger partial charge in [0.15, 0.2) is 5.75 Å². The Morgan fingerprint density at radius 3 is 3.00 bits per heavy atom.